The standard InChI is InChI=1S/C25H23BrN3O4S2/c26-21-3-1-20-18-25(4-2-19(20)17-21)34(30,31)23-5-7-24(8-6-23)35(32,33)29(15-13-28-14-16-29)22-9-11-27-12-10-22/h1-12,17-18,28H,13-16H2/q+1. The van der Waals surface area contributed by atoms with Crippen molar-refractivity contribution in [1.82, 2.24) is 14.2 Å². The lowest BCUT2D eigenvalue weighted by Gasteiger charge is -2.39. The molecule has 0 saturated carbocycles. The number of nitrogens with one attached hydrogen (secondary N) is 1. The third-order valence-electron chi connectivity index (χ3n) is 6.41. The first-order chi connectivity index (χ1) is 16.7. The molecule has 2 heterocycles. The van der Waals surface area contributed by atoms with Crippen LogP contribution in [0.2, 0.25) is 0 Å². The van der Waals surface area contributed by atoms with E-state index in [1.54, 1.807) is 42.7 Å². The molecule has 0 atom stereocenters. The molecule has 1 saturated heterocycles. The average Bonchev–Trinajstić information content (AvgIpc) is 2.89. The van der Waals surface area contributed by atoms with Gasteiger partial charge in [0.2, 0.25) is 9.84 Å². The van der Waals surface area contributed by atoms with E-state index in [0.717, 1.165) is 15.2 Å². The molecule has 35 heavy (non-hydrogen) atoms. The fourth-order valence-corrected chi connectivity index (χ4v) is 8.12. The molecule has 7 nitrogen and oxygen atoms in total. The number of rotatable bonds is 5. The van der Waals surface area contributed by atoms with Crippen LogP contribution in [-0.2, 0) is 19.9 Å². The number of piperazine rings is 1. The zero-order valence-corrected chi connectivity index (χ0v) is 21.9. The van der Waals surface area contributed by atoms with Crippen molar-refractivity contribution in [2.75, 3.05) is 26.2 Å². The summed E-state index contributed by atoms with van der Waals surface area (Å²) in [7, 11) is -7.69. The maximum absolute atomic E-state index is 13.9. The second-order valence-electron chi connectivity index (χ2n) is 8.40. The maximum Gasteiger partial charge on any atom is 0.332 e. The minimum absolute atomic E-state index is 0.0451. The summed E-state index contributed by atoms with van der Waals surface area (Å²) in [5, 5.41) is 4.94. The quantitative estimate of drug-likeness (QED) is 0.361. The lowest BCUT2D eigenvalue weighted by atomic mass is 10.1. The number of nitrogens with zero attached hydrogens (tertiary/aromatic N) is 2. The van der Waals surface area contributed by atoms with Crippen molar-refractivity contribution in [3.63, 3.8) is 0 Å². The highest BCUT2D eigenvalue weighted by atomic mass is 79.9. The minimum Gasteiger partial charge on any atom is -0.306 e. The summed E-state index contributed by atoms with van der Waals surface area (Å²) < 4.78 is 55.1. The van der Waals surface area contributed by atoms with Crippen LogP contribution in [0.15, 0.2) is 104 Å². The molecule has 0 amide bonds. The fraction of sp³-hybridized carbons (Fsp3) is 0.160. The van der Waals surface area contributed by atoms with Gasteiger partial charge in [-0.05, 0) is 59.3 Å². The molecule has 0 radical (unpaired) electrons. The Bertz CT molecular complexity index is 1600. The molecule has 1 aliphatic rings. The van der Waals surface area contributed by atoms with Crippen molar-refractivity contribution in [3.8, 4) is 0 Å². The Morgan fingerprint density at radius 1 is 0.714 bits per heavy atom. The SMILES string of the molecule is O=S(=O)(c1ccc(S(=O)(=O)[N+]2(c3ccncc3)CCNCC2)cc1)c1ccc2cc(Br)ccc2c1. The summed E-state index contributed by atoms with van der Waals surface area (Å²) in [6.07, 6.45) is 3.18. The van der Waals surface area contributed by atoms with E-state index in [1.165, 1.54) is 24.3 Å². The Hall–Kier alpha value is -2.63. The van der Waals surface area contributed by atoms with Crippen LogP contribution < -0.4 is 9.21 Å². The summed E-state index contributed by atoms with van der Waals surface area (Å²) in [5.41, 5.74) is 0.640. The molecule has 1 aromatic heterocycles. The third kappa shape index (κ3) is 4.19. The first kappa shape index (κ1) is 24.1. The van der Waals surface area contributed by atoms with E-state index < -0.39 is 19.9 Å². The number of hydrogen-bond acceptors (Lipinski definition) is 6. The highest BCUT2D eigenvalue weighted by Crippen LogP contribution is 2.34. The summed E-state index contributed by atoms with van der Waals surface area (Å²) in [5.74, 6) is 0. The van der Waals surface area contributed by atoms with E-state index in [2.05, 4.69) is 26.2 Å². The first-order valence-electron chi connectivity index (χ1n) is 11.0. The number of benzene rings is 3. The maximum atomic E-state index is 13.9. The number of halogens is 1. The van der Waals surface area contributed by atoms with Gasteiger partial charge in [0.1, 0.15) is 18.0 Å². The van der Waals surface area contributed by atoms with Crippen LogP contribution in [0.3, 0.4) is 0 Å². The van der Waals surface area contributed by atoms with Crippen molar-refractivity contribution >= 4 is 52.3 Å². The second-order valence-corrected chi connectivity index (χ2v) is 13.4. The molecule has 1 fully saturated rings. The molecule has 10 heteroatoms. The number of pyridine rings is 1. The molecule has 0 aliphatic carbocycles. The van der Waals surface area contributed by atoms with Crippen LogP contribution in [0.1, 0.15) is 0 Å². The lowest BCUT2D eigenvalue weighted by Crippen LogP contribution is -2.62. The Morgan fingerprint density at radius 2 is 1.29 bits per heavy atom. The molecular weight excluding hydrogens is 550 g/mol. The van der Waals surface area contributed by atoms with Gasteiger partial charge in [-0.3, -0.25) is 4.98 Å². The highest BCUT2D eigenvalue weighted by molar-refractivity contribution is 9.10. The van der Waals surface area contributed by atoms with Gasteiger partial charge in [0.05, 0.1) is 9.79 Å². The van der Waals surface area contributed by atoms with Crippen LogP contribution in [0, 0.1) is 0 Å². The third-order valence-corrected chi connectivity index (χ3v) is 11.0. The molecule has 0 bridgehead atoms. The zero-order chi connectivity index (χ0) is 24.7. The zero-order valence-electron chi connectivity index (χ0n) is 18.6. The van der Waals surface area contributed by atoms with Gasteiger partial charge in [0.15, 0.2) is 5.69 Å². The summed E-state index contributed by atoms with van der Waals surface area (Å²) in [4.78, 5) is 4.31. The van der Waals surface area contributed by atoms with Gasteiger partial charge >= 0.3 is 10.0 Å². The van der Waals surface area contributed by atoms with E-state index >= 15 is 0 Å². The van der Waals surface area contributed by atoms with Crippen molar-refractivity contribution in [2.45, 2.75) is 14.7 Å². The van der Waals surface area contributed by atoms with Gasteiger partial charge in [-0.25, -0.2) is 8.42 Å². The van der Waals surface area contributed by atoms with Crippen molar-refractivity contribution < 1.29 is 16.8 Å². The lowest BCUT2D eigenvalue weighted by molar-refractivity contribution is 0.355. The molecule has 0 unspecified atom stereocenters. The smallest absolute Gasteiger partial charge is 0.306 e. The molecule has 3 aromatic carbocycles. The largest absolute Gasteiger partial charge is 0.332 e. The van der Waals surface area contributed by atoms with Crippen molar-refractivity contribution in [3.05, 3.63) is 89.7 Å². The van der Waals surface area contributed by atoms with Crippen LogP contribution >= 0.6 is 15.9 Å². The highest BCUT2D eigenvalue weighted by Gasteiger charge is 2.46. The van der Waals surface area contributed by atoms with E-state index in [-0.39, 0.29) is 18.6 Å². The van der Waals surface area contributed by atoms with E-state index in [1.807, 2.05) is 18.2 Å². The predicted octanol–water partition coefficient (Wildman–Crippen LogP) is 4.13. The molecule has 1 N–H and O–H groups in total. The molecule has 1 aliphatic heterocycles. The van der Waals surface area contributed by atoms with Crippen molar-refractivity contribution in [2.24, 2.45) is 0 Å². The van der Waals surface area contributed by atoms with E-state index in [9.17, 15) is 16.8 Å². The molecular formula is C25H23BrN3O4S2+. The topological polar surface area (TPSA) is 93.2 Å². The number of hydrogen-bond donors (Lipinski definition) is 1. The number of fused-ring (bicyclic) bond motifs is 1. The van der Waals surface area contributed by atoms with Gasteiger partial charge < -0.3 is 5.32 Å². The monoisotopic (exact) mass is 572 g/mol. The predicted molar refractivity (Wildman–Crippen MR) is 139 cm³/mol. The van der Waals surface area contributed by atoms with E-state index in [0.29, 0.717) is 31.9 Å². The Labute approximate surface area is 213 Å². The van der Waals surface area contributed by atoms with Crippen molar-refractivity contribution in [1.29, 1.82) is 0 Å². The second kappa shape index (κ2) is 9.11. The fourth-order valence-electron chi connectivity index (χ4n) is 4.50. The van der Waals surface area contributed by atoms with Gasteiger partial charge in [0, 0.05) is 42.1 Å². The van der Waals surface area contributed by atoms with Gasteiger partial charge in [-0.1, -0.05) is 28.1 Å². The summed E-state index contributed by atoms with van der Waals surface area (Å²) in [6.45, 7) is 1.82. The van der Waals surface area contributed by atoms with Gasteiger partial charge in [-0.2, -0.15) is 12.3 Å². The van der Waals surface area contributed by atoms with E-state index in [4.69, 9.17) is 0 Å². The van der Waals surface area contributed by atoms with Crippen LogP contribution in [0.5, 0.6) is 0 Å². The van der Waals surface area contributed by atoms with Crippen LogP contribution in [0.4, 0.5) is 5.69 Å². The van der Waals surface area contributed by atoms with Gasteiger partial charge in [0.25, 0.3) is 0 Å². The Balaban J connectivity index is 1.53. The Morgan fingerprint density at radius 3 is 1.97 bits per heavy atom. The van der Waals surface area contributed by atoms with Crippen LogP contribution in [0.25, 0.3) is 10.8 Å². The summed E-state index contributed by atoms with van der Waals surface area (Å²) in [6, 6.07) is 19.6. The summed E-state index contributed by atoms with van der Waals surface area (Å²) >= 11 is 3.42. The Kier molecular flexibility index (Phi) is 6.27. The number of sulfonamides is 1. The average molecular weight is 574 g/mol. The van der Waals surface area contributed by atoms with Crippen LogP contribution in [-0.4, -0.2) is 48.0 Å². The normalized spacial score (nSPS) is 16.3. The van der Waals surface area contributed by atoms with Gasteiger partial charge in [-0.15, -0.1) is 0 Å². The minimum atomic E-state index is -3.87. The first-order valence-corrected chi connectivity index (χ1v) is 14.7. The molecule has 180 valence electrons. The number of quaternary nitrogens is 1. The molecule has 4 aromatic rings. The number of aromatic nitrogens is 1. The molecule has 0 spiro atoms. The molecule has 5 rings (SSSR count). The number of sulfone groups is 1.